The van der Waals surface area contributed by atoms with Gasteiger partial charge in [0.2, 0.25) is 5.91 Å². The average Bonchev–Trinajstić information content (AvgIpc) is 2.63. The minimum absolute atomic E-state index is 0.129. The van der Waals surface area contributed by atoms with Crippen LogP contribution < -0.4 is 15.4 Å². The molecule has 0 radical (unpaired) electrons. The highest BCUT2D eigenvalue weighted by Gasteiger charge is 2.05. The summed E-state index contributed by atoms with van der Waals surface area (Å²) in [6.07, 6.45) is 0. The molecule has 0 saturated heterocycles. The molecule has 0 aliphatic heterocycles. The van der Waals surface area contributed by atoms with Crippen LogP contribution in [0.2, 0.25) is 5.02 Å². The summed E-state index contributed by atoms with van der Waals surface area (Å²) < 4.78 is 5.73. The lowest BCUT2D eigenvalue weighted by atomic mass is 10.2. The number of halogens is 1. The van der Waals surface area contributed by atoms with E-state index in [2.05, 4.69) is 10.6 Å². The highest BCUT2D eigenvalue weighted by molar-refractivity contribution is 6.30. The van der Waals surface area contributed by atoms with Gasteiger partial charge in [-0.25, -0.2) is 0 Å². The number of hydrogen-bond acceptors (Lipinski definition) is 3. The van der Waals surface area contributed by atoms with Crippen LogP contribution in [-0.4, -0.2) is 12.5 Å². The fraction of sp³-hybridized carbons (Fsp3) is 0.0952. The van der Waals surface area contributed by atoms with Crippen LogP contribution in [0.3, 0.4) is 0 Å². The summed E-state index contributed by atoms with van der Waals surface area (Å²) in [5, 5.41) is 6.64. The van der Waals surface area contributed by atoms with E-state index in [4.69, 9.17) is 16.3 Å². The van der Waals surface area contributed by atoms with Gasteiger partial charge in [0.15, 0.2) is 0 Å². The predicted octanol–water partition coefficient (Wildman–Crippen LogP) is 5.49. The Kier molecular flexibility index (Phi) is 5.77. The van der Waals surface area contributed by atoms with Gasteiger partial charge in [0.1, 0.15) is 11.5 Å². The third-order valence-corrected chi connectivity index (χ3v) is 3.98. The van der Waals surface area contributed by atoms with Crippen molar-refractivity contribution in [3.8, 4) is 11.5 Å². The molecule has 132 valence electrons. The Bertz CT molecular complexity index is 880. The lowest BCUT2D eigenvalue weighted by Gasteiger charge is -2.11. The number of anilines is 2. The van der Waals surface area contributed by atoms with Gasteiger partial charge in [0.25, 0.3) is 0 Å². The van der Waals surface area contributed by atoms with Gasteiger partial charge in [-0.05, 0) is 67.1 Å². The monoisotopic (exact) mass is 366 g/mol. The number of hydrogen-bond donors (Lipinski definition) is 2. The summed E-state index contributed by atoms with van der Waals surface area (Å²) in [7, 11) is 0. The first-order valence-electron chi connectivity index (χ1n) is 8.23. The molecule has 26 heavy (non-hydrogen) atoms. The molecule has 0 spiro atoms. The van der Waals surface area contributed by atoms with Gasteiger partial charge >= 0.3 is 0 Å². The van der Waals surface area contributed by atoms with Crippen LogP contribution in [0.25, 0.3) is 0 Å². The zero-order valence-corrected chi connectivity index (χ0v) is 15.1. The van der Waals surface area contributed by atoms with Crippen molar-refractivity contribution in [1.29, 1.82) is 0 Å². The van der Waals surface area contributed by atoms with Gasteiger partial charge in [0.05, 0.1) is 6.54 Å². The molecule has 3 aromatic carbocycles. The number of para-hydroxylation sites is 1. The zero-order valence-electron chi connectivity index (χ0n) is 14.3. The molecule has 2 N–H and O–H groups in total. The molecular weight excluding hydrogens is 348 g/mol. The van der Waals surface area contributed by atoms with E-state index in [0.717, 1.165) is 17.0 Å². The SMILES string of the molecule is Cc1cc(Cl)ccc1NCC(=O)Nc1ccc(Oc2ccccc2)cc1. The second-order valence-corrected chi connectivity index (χ2v) is 6.24. The fourth-order valence-corrected chi connectivity index (χ4v) is 2.66. The van der Waals surface area contributed by atoms with Gasteiger partial charge < -0.3 is 15.4 Å². The van der Waals surface area contributed by atoms with Crippen LogP contribution in [0, 0.1) is 6.92 Å². The Balaban J connectivity index is 1.52. The molecule has 0 unspecified atom stereocenters. The van der Waals surface area contributed by atoms with Crippen molar-refractivity contribution >= 4 is 28.9 Å². The molecule has 3 rings (SSSR count). The molecule has 0 atom stereocenters. The van der Waals surface area contributed by atoms with Crippen molar-refractivity contribution in [3.05, 3.63) is 83.4 Å². The standard InChI is InChI=1S/C21H19ClN2O2/c1-15-13-16(22)7-12-20(15)23-14-21(25)24-17-8-10-19(11-9-17)26-18-5-3-2-4-6-18/h2-13,23H,14H2,1H3,(H,24,25). The van der Waals surface area contributed by atoms with Crippen molar-refractivity contribution in [2.45, 2.75) is 6.92 Å². The van der Waals surface area contributed by atoms with Crippen LogP contribution in [-0.2, 0) is 4.79 Å². The Morgan fingerprint density at radius 2 is 1.65 bits per heavy atom. The molecule has 0 heterocycles. The van der Waals surface area contributed by atoms with E-state index in [-0.39, 0.29) is 12.5 Å². The Morgan fingerprint density at radius 1 is 0.962 bits per heavy atom. The van der Waals surface area contributed by atoms with Gasteiger partial charge in [-0.1, -0.05) is 29.8 Å². The molecule has 1 amide bonds. The minimum Gasteiger partial charge on any atom is -0.457 e. The fourth-order valence-electron chi connectivity index (χ4n) is 2.44. The van der Waals surface area contributed by atoms with Crippen LogP contribution >= 0.6 is 11.6 Å². The van der Waals surface area contributed by atoms with Crippen LogP contribution in [0.4, 0.5) is 11.4 Å². The van der Waals surface area contributed by atoms with E-state index < -0.39 is 0 Å². The number of carbonyl (C=O) groups excluding carboxylic acids is 1. The number of aryl methyl sites for hydroxylation is 1. The third kappa shape index (κ3) is 5.01. The van der Waals surface area contributed by atoms with E-state index in [1.54, 1.807) is 6.07 Å². The number of rotatable bonds is 6. The largest absolute Gasteiger partial charge is 0.457 e. The van der Waals surface area contributed by atoms with E-state index in [1.807, 2.05) is 73.7 Å². The van der Waals surface area contributed by atoms with Crippen LogP contribution in [0.1, 0.15) is 5.56 Å². The molecule has 0 fully saturated rings. The van der Waals surface area contributed by atoms with Crippen LogP contribution in [0.5, 0.6) is 11.5 Å². The summed E-state index contributed by atoms with van der Waals surface area (Å²) in [4.78, 5) is 12.1. The third-order valence-electron chi connectivity index (χ3n) is 3.74. The molecule has 5 heteroatoms. The first kappa shape index (κ1) is 17.8. The van der Waals surface area contributed by atoms with Crippen molar-refractivity contribution < 1.29 is 9.53 Å². The topological polar surface area (TPSA) is 50.4 Å². The van der Waals surface area contributed by atoms with Crippen molar-refractivity contribution in [1.82, 2.24) is 0 Å². The molecule has 0 aliphatic rings. The Hall–Kier alpha value is -2.98. The molecule has 0 saturated carbocycles. The molecule has 0 aliphatic carbocycles. The zero-order chi connectivity index (χ0) is 18.4. The smallest absolute Gasteiger partial charge is 0.243 e. The number of amides is 1. The van der Waals surface area contributed by atoms with Crippen molar-refractivity contribution in [2.24, 2.45) is 0 Å². The van der Waals surface area contributed by atoms with E-state index in [1.165, 1.54) is 0 Å². The van der Waals surface area contributed by atoms with Gasteiger partial charge in [-0.15, -0.1) is 0 Å². The predicted molar refractivity (Wildman–Crippen MR) is 106 cm³/mol. The summed E-state index contributed by atoms with van der Waals surface area (Å²) >= 11 is 5.93. The molecule has 3 aromatic rings. The average molecular weight is 367 g/mol. The lowest BCUT2D eigenvalue weighted by molar-refractivity contribution is -0.114. The quantitative estimate of drug-likeness (QED) is 0.606. The van der Waals surface area contributed by atoms with Gasteiger partial charge in [0, 0.05) is 16.4 Å². The summed E-state index contributed by atoms with van der Waals surface area (Å²) in [6, 6.07) is 22.3. The summed E-state index contributed by atoms with van der Waals surface area (Å²) in [5.74, 6) is 1.35. The number of carbonyl (C=O) groups is 1. The normalized spacial score (nSPS) is 10.2. The van der Waals surface area contributed by atoms with Crippen molar-refractivity contribution in [2.75, 3.05) is 17.2 Å². The lowest BCUT2D eigenvalue weighted by Crippen LogP contribution is -2.22. The maximum absolute atomic E-state index is 12.1. The van der Waals surface area contributed by atoms with Crippen molar-refractivity contribution in [3.63, 3.8) is 0 Å². The Labute approximate surface area is 157 Å². The van der Waals surface area contributed by atoms with E-state index >= 15 is 0 Å². The second kappa shape index (κ2) is 8.41. The highest BCUT2D eigenvalue weighted by atomic mass is 35.5. The second-order valence-electron chi connectivity index (χ2n) is 5.80. The van der Waals surface area contributed by atoms with Gasteiger partial charge in [-0.3, -0.25) is 4.79 Å². The maximum Gasteiger partial charge on any atom is 0.243 e. The summed E-state index contributed by atoms with van der Waals surface area (Å²) in [5.41, 5.74) is 2.59. The summed E-state index contributed by atoms with van der Waals surface area (Å²) in [6.45, 7) is 2.11. The van der Waals surface area contributed by atoms with E-state index in [0.29, 0.717) is 16.5 Å². The van der Waals surface area contributed by atoms with Crippen LogP contribution in [0.15, 0.2) is 72.8 Å². The first-order valence-corrected chi connectivity index (χ1v) is 8.61. The maximum atomic E-state index is 12.1. The molecule has 0 aromatic heterocycles. The molecule has 0 bridgehead atoms. The van der Waals surface area contributed by atoms with E-state index in [9.17, 15) is 4.79 Å². The van der Waals surface area contributed by atoms with Gasteiger partial charge in [-0.2, -0.15) is 0 Å². The number of ether oxygens (including phenoxy) is 1. The number of benzene rings is 3. The minimum atomic E-state index is -0.129. The molecular formula is C21H19ClN2O2. The number of nitrogens with one attached hydrogen (secondary N) is 2. The Morgan fingerprint density at radius 3 is 2.35 bits per heavy atom. The first-order chi connectivity index (χ1) is 12.6. The molecule has 4 nitrogen and oxygen atoms in total. The highest BCUT2D eigenvalue weighted by Crippen LogP contribution is 2.23.